The Bertz CT molecular complexity index is 651. The number of piperidine rings is 1. The molecule has 1 atom stereocenters. The minimum atomic E-state index is -0.495. The van der Waals surface area contributed by atoms with Gasteiger partial charge >= 0.3 is 0 Å². The topological polar surface area (TPSA) is 48.0 Å². The molecule has 0 aromatic heterocycles. The van der Waals surface area contributed by atoms with E-state index in [9.17, 15) is 4.79 Å². The van der Waals surface area contributed by atoms with Crippen molar-refractivity contribution in [2.75, 3.05) is 19.9 Å². The molecule has 2 fully saturated rings. The van der Waals surface area contributed by atoms with Gasteiger partial charge in [-0.1, -0.05) is 11.1 Å². The SMILES string of the molecule is CC(Oc1ccc2c(c1)OCO2)C(=O)N1CCC(=C2CC2)CC1. The van der Waals surface area contributed by atoms with E-state index in [0.29, 0.717) is 17.2 Å². The standard InChI is InChI=1S/C18H21NO4/c1-12(23-15-4-5-16-17(10-15)22-11-21-16)18(20)19-8-6-14(7-9-19)13-2-3-13/h4-5,10,12H,2-3,6-9,11H2,1H3. The summed E-state index contributed by atoms with van der Waals surface area (Å²) in [5, 5.41) is 0. The zero-order valence-electron chi connectivity index (χ0n) is 13.3. The van der Waals surface area contributed by atoms with Crippen LogP contribution in [0.4, 0.5) is 0 Å². The fourth-order valence-corrected chi connectivity index (χ4v) is 3.23. The molecule has 122 valence electrons. The van der Waals surface area contributed by atoms with Crippen LogP contribution in [0.2, 0.25) is 0 Å². The van der Waals surface area contributed by atoms with Gasteiger partial charge in [-0.3, -0.25) is 4.79 Å². The van der Waals surface area contributed by atoms with Gasteiger partial charge in [0.1, 0.15) is 5.75 Å². The van der Waals surface area contributed by atoms with Crippen LogP contribution in [0.3, 0.4) is 0 Å². The minimum absolute atomic E-state index is 0.0579. The van der Waals surface area contributed by atoms with Crippen LogP contribution >= 0.6 is 0 Å². The Morgan fingerprint density at radius 1 is 1.09 bits per heavy atom. The summed E-state index contributed by atoms with van der Waals surface area (Å²) >= 11 is 0. The number of fused-ring (bicyclic) bond motifs is 1. The molecule has 5 nitrogen and oxygen atoms in total. The highest BCUT2D eigenvalue weighted by Gasteiger charge is 2.28. The number of carbonyl (C=O) groups is 1. The molecule has 3 aliphatic rings. The third-order valence-corrected chi connectivity index (χ3v) is 4.68. The number of hydrogen-bond donors (Lipinski definition) is 0. The lowest BCUT2D eigenvalue weighted by molar-refractivity contribution is -0.138. The maximum Gasteiger partial charge on any atom is 0.263 e. The second-order valence-electron chi connectivity index (χ2n) is 6.31. The first kappa shape index (κ1) is 14.4. The minimum Gasteiger partial charge on any atom is -0.481 e. The maximum atomic E-state index is 12.6. The highest BCUT2D eigenvalue weighted by Crippen LogP contribution is 2.37. The van der Waals surface area contributed by atoms with Gasteiger partial charge in [0, 0.05) is 19.2 Å². The van der Waals surface area contributed by atoms with E-state index < -0.39 is 6.10 Å². The van der Waals surface area contributed by atoms with E-state index in [1.807, 2.05) is 24.0 Å². The number of benzene rings is 1. The van der Waals surface area contributed by atoms with Gasteiger partial charge in [-0.2, -0.15) is 0 Å². The summed E-state index contributed by atoms with van der Waals surface area (Å²) in [6, 6.07) is 5.39. The van der Waals surface area contributed by atoms with Crippen molar-refractivity contribution in [2.24, 2.45) is 0 Å². The molecule has 1 unspecified atom stereocenters. The number of allylic oxidation sites excluding steroid dienone is 1. The van der Waals surface area contributed by atoms with Crippen molar-refractivity contribution in [3.63, 3.8) is 0 Å². The van der Waals surface area contributed by atoms with Gasteiger partial charge < -0.3 is 19.1 Å². The van der Waals surface area contributed by atoms with Gasteiger partial charge in [0.15, 0.2) is 17.6 Å². The molecule has 4 rings (SSSR count). The van der Waals surface area contributed by atoms with Crippen molar-refractivity contribution in [1.82, 2.24) is 4.90 Å². The molecular weight excluding hydrogens is 294 g/mol. The van der Waals surface area contributed by atoms with Gasteiger partial charge in [0.05, 0.1) is 0 Å². The number of ether oxygens (including phenoxy) is 3. The van der Waals surface area contributed by atoms with Crippen LogP contribution < -0.4 is 14.2 Å². The van der Waals surface area contributed by atoms with Crippen LogP contribution in [0.25, 0.3) is 0 Å². The van der Waals surface area contributed by atoms with Crippen LogP contribution in [0.5, 0.6) is 17.2 Å². The molecular formula is C18H21NO4. The van der Waals surface area contributed by atoms with Crippen molar-refractivity contribution in [2.45, 2.75) is 38.7 Å². The Hall–Kier alpha value is -2.17. The van der Waals surface area contributed by atoms with Gasteiger partial charge in [-0.25, -0.2) is 0 Å². The van der Waals surface area contributed by atoms with Gasteiger partial charge in [-0.05, 0) is 44.7 Å². The van der Waals surface area contributed by atoms with E-state index in [1.165, 1.54) is 12.8 Å². The van der Waals surface area contributed by atoms with Gasteiger partial charge in [0.2, 0.25) is 6.79 Å². The largest absolute Gasteiger partial charge is 0.481 e. The fraction of sp³-hybridized carbons (Fsp3) is 0.500. The van der Waals surface area contributed by atoms with Crippen molar-refractivity contribution in [3.05, 3.63) is 29.3 Å². The summed E-state index contributed by atoms with van der Waals surface area (Å²) < 4.78 is 16.4. The lowest BCUT2D eigenvalue weighted by Crippen LogP contribution is -2.43. The molecule has 0 N–H and O–H groups in total. The molecule has 1 aliphatic carbocycles. The predicted octanol–water partition coefficient (Wildman–Crippen LogP) is 2.90. The molecule has 1 saturated heterocycles. The van der Waals surface area contributed by atoms with Crippen LogP contribution in [0.1, 0.15) is 32.6 Å². The third kappa shape index (κ3) is 3.00. The molecule has 1 aromatic rings. The van der Waals surface area contributed by atoms with Crippen LogP contribution in [-0.4, -0.2) is 36.8 Å². The Kier molecular flexibility index (Phi) is 3.63. The van der Waals surface area contributed by atoms with Crippen molar-refractivity contribution in [3.8, 4) is 17.2 Å². The summed E-state index contributed by atoms with van der Waals surface area (Å²) in [5.41, 5.74) is 3.21. The first-order valence-electron chi connectivity index (χ1n) is 8.25. The lowest BCUT2D eigenvalue weighted by atomic mass is 10.0. The van der Waals surface area contributed by atoms with E-state index in [4.69, 9.17) is 14.2 Å². The summed E-state index contributed by atoms with van der Waals surface area (Å²) in [7, 11) is 0. The van der Waals surface area contributed by atoms with E-state index >= 15 is 0 Å². The van der Waals surface area contributed by atoms with E-state index in [0.717, 1.165) is 25.9 Å². The lowest BCUT2D eigenvalue weighted by Gasteiger charge is -2.30. The van der Waals surface area contributed by atoms with E-state index in [-0.39, 0.29) is 12.7 Å². The first-order valence-corrected chi connectivity index (χ1v) is 8.25. The van der Waals surface area contributed by atoms with Crippen molar-refractivity contribution < 1.29 is 19.0 Å². The monoisotopic (exact) mass is 315 g/mol. The third-order valence-electron chi connectivity index (χ3n) is 4.68. The number of carbonyl (C=O) groups excluding carboxylic acids is 1. The second kappa shape index (κ2) is 5.80. The second-order valence-corrected chi connectivity index (χ2v) is 6.31. The molecule has 1 saturated carbocycles. The summed E-state index contributed by atoms with van der Waals surface area (Å²) in [5.74, 6) is 2.07. The number of hydrogen-bond acceptors (Lipinski definition) is 4. The molecule has 1 amide bonds. The molecule has 0 radical (unpaired) electrons. The van der Waals surface area contributed by atoms with E-state index in [1.54, 1.807) is 17.2 Å². The highest BCUT2D eigenvalue weighted by atomic mass is 16.7. The summed E-state index contributed by atoms with van der Waals surface area (Å²) in [4.78, 5) is 14.5. The predicted molar refractivity (Wildman–Crippen MR) is 84.7 cm³/mol. The van der Waals surface area contributed by atoms with Crippen molar-refractivity contribution >= 4 is 5.91 Å². The Balaban J connectivity index is 1.36. The number of nitrogens with zero attached hydrogens (tertiary/aromatic N) is 1. The average molecular weight is 315 g/mol. The van der Waals surface area contributed by atoms with Crippen LogP contribution in [0, 0.1) is 0 Å². The quantitative estimate of drug-likeness (QED) is 0.805. The molecule has 0 spiro atoms. The molecule has 2 heterocycles. The van der Waals surface area contributed by atoms with Crippen LogP contribution in [0.15, 0.2) is 29.3 Å². The fourth-order valence-electron chi connectivity index (χ4n) is 3.23. The normalized spacial score (nSPS) is 20.5. The van der Waals surface area contributed by atoms with Crippen molar-refractivity contribution in [1.29, 1.82) is 0 Å². The zero-order valence-corrected chi connectivity index (χ0v) is 13.3. The number of amides is 1. The van der Waals surface area contributed by atoms with Crippen LogP contribution in [-0.2, 0) is 4.79 Å². The first-order chi connectivity index (χ1) is 11.2. The maximum absolute atomic E-state index is 12.6. The summed E-state index contributed by atoms with van der Waals surface area (Å²) in [6.45, 7) is 3.67. The molecule has 0 bridgehead atoms. The average Bonchev–Trinajstić information content (AvgIpc) is 3.32. The molecule has 5 heteroatoms. The molecule has 1 aromatic carbocycles. The summed E-state index contributed by atoms with van der Waals surface area (Å²) in [6.07, 6.45) is 4.10. The zero-order chi connectivity index (χ0) is 15.8. The number of likely N-dealkylation sites (tertiary alicyclic amines) is 1. The molecule has 2 aliphatic heterocycles. The van der Waals surface area contributed by atoms with E-state index in [2.05, 4.69) is 0 Å². The Morgan fingerprint density at radius 3 is 2.52 bits per heavy atom. The van der Waals surface area contributed by atoms with Gasteiger partial charge in [0.25, 0.3) is 5.91 Å². The smallest absolute Gasteiger partial charge is 0.263 e. The Labute approximate surface area is 135 Å². The number of rotatable bonds is 3. The molecule has 23 heavy (non-hydrogen) atoms. The van der Waals surface area contributed by atoms with Gasteiger partial charge in [-0.15, -0.1) is 0 Å². The highest BCUT2D eigenvalue weighted by molar-refractivity contribution is 5.81. The Morgan fingerprint density at radius 2 is 1.78 bits per heavy atom.